The van der Waals surface area contributed by atoms with Gasteiger partial charge >= 0.3 is 0 Å². The first-order valence-corrected chi connectivity index (χ1v) is 8.06. The predicted molar refractivity (Wildman–Crippen MR) is 83.6 cm³/mol. The monoisotopic (exact) mass is 427 g/mol. The van der Waals surface area contributed by atoms with Gasteiger partial charge in [0.05, 0.1) is 13.3 Å². The second kappa shape index (κ2) is 6.54. The lowest BCUT2D eigenvalue weighted by atomic mass is 10.2. The molecule has 0 bridgehead atoms. The maximum absolute atomic E-state index is 13.5. The first-order chi connectivity index (χ1) is 9.01. The maximum Gasteiger partial charge on any atom is 0.145 e. The lowest BCUT2D eigenvalue weighted by molar-refractivity contribution is 0.215. The van der Waals surface area contributed by atoms with Crippen molar-refractivity contribution in [2.24, 2.45) is 5.73 Å². The fourth-order valence-electron chi connectivity index (χ4n) is 1.47. The SMILES string of the molecule is NCC(Oc1cc(F)c(Cl)cc1Br)c1ccc(Br)s1. The van der Waals surface area contributed by atoms with Gasteiger partial charge in [0.15, 0.2) is 0 Å². The normalized spacial score (nSPS) is 12.5. The number of thiophene rings is 1. The van der Waals surface area contributed by atoms with Crippen LogP contribution in [0.5, 0.6) is 5.75 Å². The van der Waals surface area contributed by atoms with Gasteiger partial charge in [-0.25, -0.2) is 4.39 Å². The highest BCUT2D eigenvalue weighted by atomic mass is 79.9. The summed E-state index contributed by atoms with van der Waals surface area (Å²) in [6.45, 7) is 0.295. The zero-order valence-corrected chi connectivity index (χ0v) is 14.2. The molecule has 7 heteroatoms. The highest BCUT2D eigenvalue weighted by molar-refractivity contribution is 9.11. The fourth-order valence-corrected chi connectivity index (χ4v) is 3.67. The molecule has 2 aromatic rings. The number of ether oxygens (including phenoxy) is 1. The molecule has 1 aromatic carbocycles. The molecule has 19 heavy (non-hydrogen) atoms. The van der Waals surface area contributed by atoms with E-state index in [9.17, 15) is 4.39 Å². The van der Waals surface area contributed by atoms with Crippen molar-refractivity contribution in [1.29, 1.82) is 0 Å². The van der Waals surface area contributed by atoms with Crippen molar-refractivity contribution in [1.82, 2.24) is 0 Å². The largest absolute Gasteiger partial charge is 0.482 e. The number of hydrogen-bond donors (Lipinski definition) is 1. The van der Waals surface area contributed by atoms with Crippen molar-refractivity contribution in [3.63, 3.8) is 0 Å². The van der Waals surface area contributed by atoms with Crippen LogP contribution in [0.4, 0.5) is 4.39 Å². The molecule has 1 atom stereocenters. The summed E-state index contributed by atoms with van der Waals surface area (Å²) in [7, 11) is 0. The van der Waals surface area contributed by atoms with E-state index in [4.69, 9.17) is 22.1 Å². The van der Waals surface area contributed by atoms with E-state index >= 15 is 0 Å². The first kappa shape index (κ1) is 15.3. The average Bonchev–Trinajstić information content (AvgIpc) is 2.78. The van der Waals surface area contributed by atoms with E-state index in [1.165, 1.54) is 23.5 Å². The highest BCUT2D eigenvalue weighted by Crippen LogP contribution is 2.35. The molecule has 0 aliphatic rings. The van der Waals surface area contributed by atoms with Crippen LogP contribution in [-0.4, -0.2) is 6.54 Å². The van der Waals surface area contributed by atoms with Gasteiger partial charge in [0.25, 0.3) is 0 Å². The van der Waals surface area contributed by atoms with Crippen LogP contribution in [0.15, 0.2) is 32.5 Å². The van der Waals surface area contributed by atoms with Crippen LogP contribution in [0.3, 0.4) is 0 Å². The van der Waals surface area contributed by atoms with Gasteiger partial charge in [0.2, 0.25) is 0 Å². The van der Waals surface area contributed by atoms with Crippen LogP contribution in [-0.2, 0) is 0 Å². The summed E-state index contributed by atoms with van der Waals surface area (Å²) in [6, 6.07) is 6.55. The summed E-state index contributed by atoms with van der Waals surface area (Å²) in [6.07, 6.45) is -0.326. The molecule has 0 aliphatic carbocycles. The summed E-state index contributed by atoms with van der Waals surface area (Å²) in [5.41, 5.74) is 5.71. The van der Waals surface area contributed by atoms with Gasteiger partial charge in [-0.15, -0.1) is 11.3 Å². The fraction of sp³-hybridized carbons (Fsp3) is 0.167. The van der Waals surface area contributed by atoms with Crippen LogP contribution in [0, 0.1) is 5.82 Å². The van der Waals surface area contributed by atoms with Gasteiger partial charge in [-0.05, 0) is 50.1 Å². The van der Waals surface area contributed by atoms with Crippen molar-refractivity contribution in [2.75, 3.05) is 6.54 Å². The minimum Gasteiger partial charge on any atom is -0.482 e. The number of nitrogens with two attached hydrogens (primary N) is 1. The standard InChI is InChI=1S/C12H9Br2ClFNOS/c13-6-3-7(15)8(16)4-9(6)18-10(5-17)11-1-2-12(14)19-11/h1-4,10H,5,17H2. The maximum atomic E-state index is 13.5. The van der Waals surface area contributed by atoms with Crippen molar-refractivity contribution < 1.29 is 9.13 Å². The van der Waals surface area contributed by atoms with Crippen molar-refractivity contribution in [3.8, 4) is 5.75 Å². The number of hydrogen-bond acceptors (Lipinski definition) is 3. The Kier molecular flexibility index (Phi) is 5.25. The summed E-state index contributed by atoms with van der Waals surface area (Å²) < 4.78 is 20.8. The highest BCUT2D eigenvalue weighted by Gasteiger charge is 2.17. The number of rotatable bonds is 4. The van der Waals surface area contributed by atoms with Gasteiger partial charge in [0, 0.05) is 17.5 Å². The van der Waals surface area contributed by atoms with Crippen LogP contribution in [0.2, 0.25) is 5.02 Å². The molecule has 1 aromatic heterocycles. The van der Waals surface area contributed by atoms with Crippen LogP contribution in [0.1, 0.15) is 11.0 Å². The van der Waals surface area contributed by atoms with Gasteiger partial charge in [0.1, 0.15) is 17.7 Å². The Labute approximate surface area is 136 Å². The molecule has 0 spiro atoms. The Morgan fingerprint density at radius 1 is 1.37 bits per heavy atom. The molecule has 0 saturated carbocycles. The van der Waals surface area contributed by atoms with E-state index < -0.39 is 5.82 Å². The molecule has 0 aliphatic heterocycles. The summed E-state index contributed by atoms with van der Waals surface area (Å²) >= 11 is 13.9. The Morgan fingerprint density at radius 2 is 2.11 bits per heavy atom. The van der Waals surface area contributed by atoms with Crippen molar-refractivity contribution >= 4 is 54.8 Å². The predicted octanol–water partition coefficient (Wildman–Crippen LogP) is 5.14. The lowest BCUT2D eigenvalue weighted by Crippen LogP contribution is -2.17. The molecule has 2 N–H and O–H groups in total. The molecular formula is C12H9Br2ClFNOS. The topological polar surface area (TPSA) is 35.2 Å². The number of halogens is 4. The summed E-state index contributed by atoms with van der Waals surface area (Å²) in [4.78, 5) is 0.969. The summed E-state index contributed by atoms with van der Waals surface area (Å²) in [5.74, 6) is -0.148. The van der Waals surface area contributed by atoms with Gasteiger partial charge in [-0.3, -0.25) is 0 Å². The molecule has 0 radical (unpaired) electrons. The van der Waals surface area contributed by atoms with Crippen LogP contribution >= 0.6 is 54.8 Å². The molecule has 1 unspecified atom stereocenters. The zero-order chi connectivity index (χ0) is 14.0. The zero-order valence-electron chi connectivity index (χ0n) is 9.50. The van der Waals surface area contributed by atoms with Gasteiger partial charge in [-0.2, -0.15) is 0 Å². The van der Waals surface area contributed by atoms with E-state index in [0.29, 0.717) is 16.8 Å². The Morgan fingerprint density at radius 3 is 2.68 bits per heavy atom. The second-order valence-corrected chi connectivity index (χ2v) is 7.44. The number of benzene rings is 1. The third-order valence-corrected chi connectivity index (χ3v) is 4.99. The average molecular weight is 430 g/mol. The molecule has 0 amide bonds. The first-order valence-electron chi connectivity index (χ1n) is 5.27. The molecule has 102 valence electrons. The van der Waals surface area contributed by atoms with E-state index in [0.717, 1.165) is 8.66 Å². The van der Waals surface area contributed by atoms with E-state index in [2.05, 4.69) is 31.9 Å². The minimum absolute atomic E-state index is 0.0439. The van der Waals surface area contributed by atoms with Gasteiger partial charge < -0.3 is 10.5 Å². The van der Waals surface area contributed by atoms with Gasteiger partial charge in [-0.1, -0.05) is 11.6 Å². The summed E-state index contributed by atoms with van der Waals surface area (Å²) in [5, 5.41) is 0.0439. The Hall–Kier alpha value is -0.140. The molecular weight excluding hydrogens is 420 g/mol. The van der Waals surface area contributed by atoms with Crippen LogP contribution < -0.4 is 10.5 Å². The van der Waals surface area contributed by atoms with Crippen molar-refractivity contribution in [2.45, 2.75) is 6.10 Å². The quantitative estimate of drug-likeness (QED) is 0.683. The third-order valence-electron chi connectivity index (χ3n) is 2.37. The van der Waals surface area contributed by atoms with E-state index in [1.807, 2.05) is 12.1 Å². The minimum atomic E-state index is -0.525. The molecule has 0 fully saturated rings. The van der Waals surface area contributed by atoms with E-state index in [1.54, 1.807) is 0 Å². The molecule has 2 nitrogen and oxygen atoms in total. The van der Waals surface area contributed by atoms with E-state index in [-0.39, 0.29) is 11.1 Å². The van der Waals surface area contributed by atoms with Crippen LogP contribution in [0.25, 0.3) is 0 Å². The Balaban J connectivity index is 2.26. The smallest absolute Gasteiger partial charge is 0.145 e. The molecule has 1 heterocycles. The third kappa shape index (κ3) is 3.70. The second-order valence-electron chi connectivity index (χ2n) is 3.68. The lowest BCUT2D eigenvalue weighted by Gasteiger charge is -2.17. The Bertz CT molecular complexity index is 593. The molecule has 2 rings (SSSR count). The molecule has 0 saturated heterocycles. The van der Waals surface area contributed by atoms with Crippen molar-refractivity contribution in [3.05, 3.63) is 48.2 Å².